The van der Waals surface area contributed by atoms with Gasteiger partial charge < -0.3 is 14.7 Å². The first kappa shape index (κ1) is 19.4. The molecule has 0 saturated heterocycles. The second-order valence-electron chi connectivity index (χ2n) is 5.45. The summed E-state index contributed by atoms with van der Waals surface area (Å²) in [6.45, 7) is -0.616. The van der Waals surface area contributed by atoms with E-state index in [1.54, 1.807) is 18.2 Å². The minimum Gasteiger partial charge on any atom is -0.478 e. The highest BCUT2D eigenvalue weighted by Crippen LogP contribution is 2.29. The number of ether oxygens (including phenoxy) is 1. The first-order valence-electron chi connectivity index (χ1n) is 7.49. The molecule has 0 unspecified atom stereocenters. The number of carbonyl (C=O) groups is 2. The standard InChI is InChI=1S/C17H18N2O6S/c1-19(2)14-7-3-6-13-12(14)5-4-8-15(13)26(23,24)18-11-25-17(22)10-9-16(20)21/h3-10,18H,11H2,1-2H3,(H,20,21)/b10-9-. The van der Waals surface area contributed by atoms with Crippen LogP contribution in [0.3, 0.4) is 0 Å². The number of hydrogen-bond acceptors (Lipinski definition) is 6. The number of carboxylic acids is 1. The zero-order chi connectivity index (χ0) is 19.3. The number of anilines is 1. The number of carbonyl (C=O) groups excluding carboxylic acids is 1. The van der Waals surface area contributed by atoms with Gasteiger partial charge in [-0.1, -0.05) is 24.3 Å². The third-order valence-corrected chi connectivity index (χ3v) is 4.89. The Morgan fingerprint density at radius 2 is 1.77 bits per heavy atom. The highest BCUT2D eigenvalue weighted by molar-refractivity contribution is 7.89. The van der Waals surface area contributed by atoms with E-state index in [2.05, 4.69) is 9.46 Å². The summed E-state index contributed by atoms with van der Waals surface area (Å²) in [7, 11) is -0.224. The number of aliphatic carboxylic acids is 1. The molecule has 0 aliphatic heterocycles. The smallest absolute Gasteiger partial charge is 0.332 e. The normalized spacial score (nSPS) is 11.6. The average Bonchev–Trinajstić information content (AvgIpc) is 2.58. The van der Waals surface area contributed by atoms with Crippen LogP contribution >= 0.6 is 0 Å². The van der Waals surface area contributed by atoms with Gasteiger partial charge in [-0.05, 0) is 12.1 Å². The van der Waals surface area contributed by atoms with E-state index in [1.807, 2.05) is 31.1 Å². The number of rotatable bonds is 7. The van der Waals surface area contributed by atoms with Crippen LogP contribution in [0.15, 0.2) is 53.4 Å². The number of carboxylic acid groups (broad SMARTS) is 1. The Bertz CT molecular complexity index is 966. The Hall–Kier alpha value is -2.91. The van der Waals surface area contributed by atoms with Gasteiger partial charge in [-0.25, -0.2) is 18.0 Å². The SMILES string of the molecule is CN(C)c1cccc2c(S(=O)(=O)NCOC(=O)/C=C\C(=O)O)cccc12. The molecule has 0 saturated carbocycles. The van der Waals surface area contributed by atoms with Crippen LogP contribution < -0.4 is 9.62 Å². The molecule has 2 aromatic carbocycles. The van der Waals surface area contributed by atoms with Crippen molar-refractivity contribution in [2.75, 3.05) is 25.7 Å². The predicted octanol–water partition coefficient (Wildman–Crippen LogP) is 1.33. The molecule has 138 valence electrons. The van der Waals surface area contributed by atoms with Crippen molar-refractivity contribution in [2.45, 2.75) is 4.90 Å². The highest BCUT2D eigenvalue weighted by atomic mass is 32.2. The molecule has 0 aliphatic rings. The van der Waals surface area contributed by atoms with E-state index in [9.17, 15) is 18.0 Å². The lowest BCUT2D eigenvalue weighted by atomic mass is 10.1. The van der Waals surface area contributed by atoms with Gasteiger partial charge in [-0.3, -0.25) is 0 Å². The first-order chi connectivity index (χ1) is 12.2. The van der Waals surface area contributed by atoms with Gasteiger partial charge in [0.05, 0.1) is 4.90 Å². The van der Waals surface area contributed by atoms with Gasteiger partial charge in [0.15, 0.2) is 6.73 Å². The van der Waals surface area contributed by atoms with Crippen LogP contribution in [0, 0.1) is 0 Å². The molecule has 0 aromatic heterocycles. The van der Waals surface area contributed by atoms with Crippen LogP contribution in [0.4, 0.5) is 5.69 Å². The van der Waals surface area contributed by atoms with Crippen molar-refractivity contribution in [1.29, 1.82) is 0 Å². The van der Waals surface area contributed by atoms with Crippen LogP contribution in [-0.2, 0) is 24.3 Å². The third kappa shape index (κ3) is 4.58. The van der Waals surface area contributed by atoms with E-state index in [1.165, 1.54) is 6.07 Å². The van der Waals surface area contributed by atoms with E-state index in [-0.39, 0.29) is 4.90 Å². The molecule has 0 spiro atoms. The molecule has 0 atom stereocenters. The summed E-state index contributed by atoms with van der Waals surface area (Å²) in [5, 5.41) is 9.71. The minimum absolute atomic E-state index is 0.0517. The van der Waals surface area contributed by atoms with Crippen molar-refractivity contribution >= 4 is 38.4 Å². The second kappa shape index (κ2) is 7.98. The lowest BCUT2D eigenvalue weighted by Gasteiger charge is -2.17. The molecule has 9 heteroatoms. The molecule has 0 aliphatic carbocycles. The van der Waals surface area contributed by atoms with E-state index >= 15 is 0 Å². The van der Waals surface area contributed by atoms with Gasteiger partial charge in [0.2, 0.25) is 10.0 Å². The largest absolute Gasteiger partial charge is 0.478 e. The van der Waals surface area contributed by atoms with Crippen LogP contribution in [0.25, 0.3) is 10.8 Å². The van der Waals surface area contributed by atoms with Gasteiger partial charge in [0, 0.05) is 42.7 Å². The molecule has 2 N–H and O–H groups in total. The van der Waals surface area contributed by atoms with Crippen molar-refractivity contribution in [3.8, 4) is 0 Å². The summed E-state index contributed by atoms with van der Waals surface area (Å²) in [6, 6.07) is 10.2. The molecule has 0 amide bonds. The summed E-state index contributed by atoms with van der Waals surface area (Å²) in [4.78, 5) is 23.5. The Balaban J connectivity index is 2.23. The van der Waals surface area contributed by atoms with Crippen LogP contribution in [-0.4, -0.2) is 46.3 Å². The van der Waals surface area contributed by atoms with Gasteiger partial charge in [-0.15, -0.1) is 0 Å². The molecule has 8 nitrogen and oxygen atoms in total. The first-order valence-corrected chi connectivity index (χ1v) is 8.97. The van der Waals surface area contributed by atoms with Gasteiger partial charge in [-0.2, -0.15) is 4.72 Å². The van der Waals surface area contributed by atoms with Crippen molar-refractivity contribution in [2.24, 2.45) is 0 Å². The summed E-state index contributed by atoms with van der Waals surface area (Å²) in [5.41, 5.74) is 0.866. The molecule has 0 fully saturated rings. The zero-order valence-electron chi connectivity index (χ0n) is 14.2. The molecular weight excluding hydrogens is 360 g/mol. The summed E-state index contributed by atoms with van der Waals surface area (Å²) >= 11 is 0. The quantitative estimate of drug-likeness (QED) is 0.424. The van der Waals surface area contributed by atoms with Crippen LogP contribution in [0.1, 0.15) is 0 Å². The molecule has 2 rings (SSSR count). The Kier molecular flexibility index (Phi) is 5.96. The van der Waals surface area contributed by atoms with Gasteiger partial charge >= 0.3 is 11.9 Å². The van der Waals surface area contributed by atoms with E-state index in [0.717, 1.165) is 11.1 Å². The predicted molar refractivity (Wildman–Crippen MR) is 96.3 cm³/mol. The van der Waals surface area contributed by atoms with E-state index < -0.39 is 28.7 Å². The molecule has 26 heavy (non-hydrogen) atoms. The number of hydrogen-bond donors (Lipinski definition) is 2. The summed E-state index contributed by atoms with van der Waals surface area (Å²) in [5.74, 6) is -2.28. The second-order valence-corrected chi connectivity index (χ2v) is 7.19. The lowest BCUT2D eigenvalue weighted by molar-refractivity contribution is -0.138. The maximum Gasteiger partial charge on any atom is 0.332 e. The molecule has 2 aromatic rings. The Labute approximate surface area is 150 Å². The number of nitrogens with one attached hydrogen (secondary N) is 1. The number of esters is 1. The summed E-state index contributed by atoms with van der Waals surface area (Å²) < 4.78 is 31.9. The third-order valence-electron chi connectivity index (χ3n) is 3.46. The van der Waals surface area contributed by atoms with Crippen molar-refractivity contribution < 1.29 is 27.9 Å². The maximum absolute atomic E-state index is 12.5. The van der Waals surface area contributed by atoms with Gasteiger partial charge in [0.1, 0.15) is 0 Å². The van der Waals surface area contributed by atoms with Gasteiger partial charge in [0.25, 0.3) is 0 Å². The number of sulfonamides is 1. The number of nitrogens with zero attached hydrogens (tertiary/aromatic N) is 1. The van der Waals surface area contributed by atoms with E-state index in [4.69, 9.17) is 5.11 Å². The fraction of sp³-hybridized carbons (Fsp3) is 0.176. The van der Waals surface area contributed by atoms with Crippen molar-refractivity contribution in [1.82, 2.24) is 4.72 Å². The monoisotopic (exact) mass is 378 g/mol. The van der Waals surface area contributed by atoms with Crippen molar-refractivity contribution in [3.05, 3.63) is 48.6 Å². The fourth-order valence-corrected chi connectivity index (χ4v) is 3.43. The minimum atomic E-state index is -3.94. The van der Waals surface area contributed by atoms with Crippen molar-refractivity contribution in [3.63, 3.8) is 0 Å². The zero-order valence-corrected chi connectivity index (χ0v) is 15.0. The fourth-order valence-electron chi connectivity index (χ4n) is 2.33. The topological polar surface area (TPSA) is 113 Å². The molecule has 0 radical (unpaired) electrons. The lowest BCUT2D eigenvalue weighted by Crippen LogP contribution is -2.27. The number of benzene rings is 2. The van der Waals surface area contributed by atoms with E-state index in [0.29, 0.717) is 17.5 Å². The van der Waals surface area contributed by atoms with Crippen LogP contribution in [0.2, 0.25) is 0 Å². The highest BCUT2D eigenvalue weighted by Gasteiger charge is 2.18. The molecular formula is C17H18N2O6S. The summed E-state index contributed by atoms with van der Waals surface area (Å²) in [6.07, 6.45) is 1.29. The Morgan fingerprint density at radius 1 is 1.12 bits per heavy atom. The average molecular weight is 378 g/mol. The number of fused-ring (bicyclic) bond motifs is 1. The molecule has 0 heterocycles. The molecule has 0 bridgehead atoms. The maximum atomic E-state index is 12.5. The van der Waals surface area contributed by atoms with Crippen LogP contribution in [0.5, 0.6) is 0 Å². The Morgan fingerprint density at radius 3 is 2.42 bits per heavy atom.